The molecule has 0 amide bonds. The fraction of sp³-hybridized carbons (Fsp3) is 0.647. The van der Waals surface area contributed by atoms with Gasteiger partial charge in [-0.25, -0.2) is 0 Å². The van der Waals surface area contributed by atoms with Crippen molar-refractivity contribution < 1.29 is 5.11 Å². The number of alkyl halides is 2. The molecule has 120 valence electrons. The highest BCUT2D eigenvalue weighted by atomic mass is 35.5. The molecule has 0 aliphatic rings. The number of nitrogens with zero attached hydrogens (tertiary/aromatic N) is 1. The minimum atomic E-state index is 0.0494. The van der Waals surface area contributed by atoms with Crippen LogP contribution in [0.4, 0.5) is 0 Å². The summed E-state index contributed by atoms with van der Waals surface area (Å²) in [5.41, 5.74) is 2.21. The maximum absolute atomic E-state index is 10.1. The third-order valence-electron chi connectivity index (χ3n) is 3.36. The van der Waals surface area contributed by atoms with Gasteiger partial charge in [-0.15, -0.1) is 23.2 Å². The van der Waals surface area contributed by atoms with Gasteiger partial charge in [-0.3, -0.25) is 4.90 Å². The molecule has 2 nitrogen and oxygen atoms in total. The average molecular weight is 332 g/mol. The molecule has 0 aromatic heterocycles. The van der Waals surface area contributed by atoms with Crippen LogP contribution < -0.4 is 0 Å². The molecule has 0 bridgehead atoms. The molecule has 2 atom stereocenters. The smallest absolute Gasteiger partial charge is 0.120 e. The van der Waals surface area contributed by atoms with Gasteiger partial charge in [-0.2, -0.15) is 0 Å². The van der Waals surface area contributed by atoms with Crippen LogP contribution in [0, 0.1) is 0 Å². The van der Waals surface area contributed by atoms with Crippen LogP contribution in [0.5, 0.6) is 5.75 Å². The lowest BCUT2D eigenvalue weighted by Gasteiger charge is -2.26. The Labute approximate surface area is 139 Å². The monoisotopic (exact) mass is 331 g/mol. The van der Waals surface area contributed by atoms with E-state index >= 15 is 0 Å². The highest BCUT2D eigenvalue weighted by Gasteiger charge is 2.18. The van der Waals surface area contributed by atoms with Gasteiger partial charge < -0.3 is 5.11 Å². The van der Waals surface area contributed by atoms with Gasteiger partial charge in [0.2, 0.25) is 0 Å². The largest absolute Gasteiger partial charge is 0.508 e. The van der Waals surface area contributed by atoms with E-state index < -0.39 is 0 Å². The van der Waals surface area contributed by atoms with Crippen molar-refractivity contribution >= 4 is 23.2 Å². The first-order chi connectivity index (χ1) is 9.59. The van der Waals surface area contributed by atoms with Crippen LogP contribution in [0.15, 0.2) is 18.2 Å². The highest BCUT2D eigenvalue weighted by Crippen LogP contribution is 2.28. The SMILES string of the molecule is C[C@H](Cl)CN(Cc1cc(C(C)(C)C)ccc1O)C[C@H](C)Cl. The predicted molar refractivity (Wildman–Crippen MR) is 92.7 cm³/mol. The summed E-state index contributed by atoms with van der Waals surface area (Å²) < 4.78 is 0. The first kappa shape index (κ1) is 18.6. The van der Waals surface area contributed by atoms with Gasteiger partial charge in [0.25, 0.3) is 0 Å². The summed E-state index contributed by atoms with van der Waals surface area (Å²) in [4.78, 5) is 2.19. The van der Waals surface area contributed by atoms with Crippen LogP contribution in [0.1, 0.15) is 45.7 Å². The molecule has 0 saturated carbocycles. The van der Waals surface area contributed by atoms with E-state index in [1.54, 1.807) is 6.07 Å². The van der Waals surface area contributed by atoms with E-state index in [0.717, 1.165) is 18.7 Å². The molecule has 0 saturated heterocycles. The van der Waals surface area contributed by atoms with E-state index in [-0.39, 0.29) is 16.2 Å². The molecule has 1 aromatic rings. The van der Waals surface area contributed by atoms with Gasteiger partial charge in [0.15, 0.2) is 0 Å². The summed E-state index contributed by atoms with van der Waals surface area (Å²) in [6, 6.07) is 5.85. The molecule has 0 unspecified atom stereocenters. The fourth-order valence-corrected chi connectivity index (χ4v) is 2.73. The van der Waals surface area contributed by atoms with Crippen LogP contribution in [0.3, 0.4) is 0 Å². The van der Waals surface area contributed by atoms with Crippen molar-refractivity contribution in [3.8, 4) is 5.75 Å². The van der Waals surface area contributed by atoms with Crippen molar-refractivity contribution in [3.63, 3.8) is 0 Å². The van der Waals surface area contributed by atoms with Crippen LogP contribution in [0.2, 0.25) is 0 Å². The van der Waals surface area contributed by atoms with Crippen LogP contribution in [-0.4, -0.2) is 33.9 Å². The standard InChI is InChI=1S/C17H27Cl2NO/c1-12(18)9-20(10-13(2)19)11-14-8-15(17(3,4)5)6-7-16(14)21/h6-8,12-13,21H,9-11H2,1-5H3/t12-,13-/m0/s1. The minimum Gasteiger partial charge on any atom is -0.508 e. The van der Waals surface area contributed by atoms with Gasteiger partial charge >= 0.3 is 0 Å². The van der Waals surface area contributed by atoms with Crippen LogP contribution in [0.25, 0.3) is 0 Å². The summed E-state index contributed by atoms with van der Waals surface area (Å²) >= 11 is 12.2. The number of rotatable bonds is 6. The van der Waals surface area contributed by atoms with E-state index in [9.17, 15) is 5.11 Å². The molecule has 0 aliphatic heterocycles. The normalized spacial score (nSPS) is 15.2. The maximum atomic E-state index is 10.1. The average Bonchev–Trinajstić information content (AvgIpc) is 2.28. The number of benzene rings is 1. The number of aromatic hydroxyl groups is 1. The number of hydrogen-bond acceptors (Lipinski definition) is 2. The van der Waals surface area contributed by atoms with Crippen molar-refractivity contribution in [3.05, 3.63) is 29.3 Å². The van der Waals surface area contributed by atoms with Crippen molar-refractivity contribution in [2.45, 2.75) is 57.3 Å². The van der Waals surface area contributed by atoms with E-state index in [0.29, 0.717) is 12.3 Å². The predicted octanol–water partition coefficient (Wildman–Crippen LogP) is 4.75. The van der Waals surface area contributed by atoms with Crippen molar-refractivity contribution in [2.24, 2.45) is 0 Å². The van der Waals surface area contributed by atoms with E-state index in [2.05, 4.69) is 31.7 Å². The highest BCUT2D eigenvalue weighted by molar-refractivity contribution is 6.21. The third-order valence-corrected chi connectivity index (χ3v) is 3.64. The van der Waals surface area contributed by atoms with Gasteiger partial charge in [-0.05, 0) is 30.9 Å². The number of hydrogen-bond donors (Lipinski definition) is 1. The second-order valence-corrected chi connectivity index (χ2v) is 8.34. The zero-order valence-electron chi connectivity index (χ0n) is 13.7. The van der Waals surface area contributed by atoms with Crippen molar-refractivity contribution in [1.82, 2.24) is 4.90 Å². The topological polar surface area (TPSA) is 23.5 Å². The molecule has 1 aromatic carbocycles. The fourth-order valence-electron chi connectivity index (χ4n) is 2.33. The molecule has 0 radical (unpaired) electrons. The lowest BCUT2D eigenvalue weighted by atomic mass is 9.86. The minimum absolute atomic E-state index is 0.0494. The third kappa shape index (κ3) is 6.46. The first-order valence-electron chi connectivity index (χ1n) is 7.42. The molecule has 0 heterocycles. The number of phenolic OH excluding ortho intramolecular Hbond substituents is 1. The summed E-state index contributed by atoms with van der Waals surface area (Å²) in [5.74, 6) is 0.331. The van der Waals surface area contributed by atoms with Gasteiger partial charge in [0.1, 0.15) is 5.75 Å². The van der Waals surface area contributed by atoms with Crippen LogP contribution >= 0.6 is 23.2 Å². The molecule has 4 heteroatoms. The second kappa shape index (κ2) is 7.71. The first-order valence-corrected chi connectivity index (χ1v) is 8.29. The lowest BCUT2D eigenvalue weighted by Crippen LogP contribution is -2.33. The van der Waals surface area contributed by atoms with Gasteiger partial charge in [-0.1, -0.05) is 32.9 Å². The van der Waals surface area contributed by atoms with Crippen molar-refractivity contribution in [2.75, 3.05) is 13.1 Å². The quantitative estimate of drug-likeness (QED) is 0.760. The van der Waals surface area contributed by atoms with Gasteiger partial charge in [0, 0.05) is 36.0 Å². The van der Waals surface area contributed by atoms with E-state index in [4.69, 9.17) is 23.2 Å². The molecular weight excluding hydrogens is 305 g/mol. The lowest BCUT2D eigenvalue weighted by molar-refractivity contribution is 0.266. The molecule has 0 aliphatic carbocycles. The Morgan fingerprint density at radius 1 is 1.10 bits per heavy atom. The van der Waals surface area contributed by atoms with Crippen LogP contribution in [-0.2, 0) is 12.0 Å². The summed E-state index contributed by atoms with van der Waals surface area (Å²) in [6.45, 7) is 12.6. The number of halogens is 2. The molecule has 0 spiro atoms. The van der Waals surface area contributed by atoms with Crippen molar-refractivity contribution in [1.29, 1.82) is 0 Å². The molecular formula is C17H27Cl2NO. The molecule has 0 fully saturated rings. The van der Waals surface area contributed by atoms with Gasteiger partial charge in [0.05, 0.1) is 0 Å². The van der Waals surface area contributed by atoms with E-state index in [1.807, 2.05) is 19.9 Å². The Morgan fingerprint density at radius 2 is 1.62 bits per heavy atom. The maximum Gasteiger partial charge on any atom is 0.120 e. The number of phenols is 1. The Balaban J connectivity index is 2.96. The summed E-state index contributed by atoms with van der Waals surface area (Å²) in [5, 5.41) is 10.2. The summed E-state index contributed by atoms with van der Waals surface area (Å²) in [7, 11) is 0. The zero-order chi connectivity index (χ0) is 16.2. The molecule has 1 rings (SSSR count). The Bertz CT molecular complexity index is 443. The Kier molecular flexibility index (Phi) is 6.83. The Hall–Kier alpha value is -0.440. The zero-order valence-corrected chi connectivity index (χ0v) is 15.2. The molecule has 1 N–H and O–H groups in total. The second-order valence-electron chi connectivity index (χ2n) is 6.85. The molecule has 21 heavy (non-hydrogen) atoms. The Morgan fingerprint density at radius 3 is 2.05 bits per heavy atom. The summed E-state index contributed by atoms with van der Waals surface area (Å²) in [6.07, 6.45) is 0. The van der Waals surface area contributed by atoms with E-state index in [1.165, 1.54) is 5.56 Å².